The number of hydrogen-bond acceptors (Lipinski definition) is 2. The number of benzene rings is 1. The summed E-state index contributed by atoms with van der Waals surface area (Å²) in [7, 11) is 0. The largest absolute Gasteiger partial charge is 0.503 e. The highest BCUT2D eigenvalue weighted by molar-refractivity contribution is 5.84. The number of hydrogen-bond donors (Lipinski definition) is 2. The summed E-state index contributed by atoms with van der Waals surface area (Å²) in [6, 6.07) is 0. The number of phenols is 1. The van der Waals surface area contributed by atoms with E-state index in [1.165, 1.54) is 6.92 Å². The zero-order chi connectivity index (χ0) is 14.6. The van der Waals surface area contributed by atoms with Gasteiger partial charge in [0, 0.05) is 5.57 Å². The molecular weight excluding hydrogens is 263 g/mol. The van der Waals surface area contributed by atoms with Gasteiger partial charge in [0.1, 0.15) is 0 Å². The minimum atomic E-state index is -2.29. The number of aliphatic carboxylic acids is 1. The van der Waals surface area contributed by atoms with Gasteiger partial charge >= 0.3 is 5.97 Å². The Bertz CT molecular complexity index is 382. The van der Waals surface area contributed by atoms with Crippen LogP contribution in [0.15, 0.2) is 12.2 Å². The smallest absolute Gasteiger partial charge is 0.330 e. The quantitative estimate of drug-likeness (QED) is 0.357. The van der Waals surface area contributed by atoms with E-state index in [2.05, 4.69) is 6.58 Å². The molecule has 0 unspecified atom stereocenters. The molecule has 0 saturated carbocycles. The highest BCUT2D eigenvalue weighted by atomic mass is 19.2. The fraction of sp³-hybridized carbons (Fsp3) is 0.100. The predicted molar refractivity (Wildman–Crippen MR) is 50.3 cm³/mol. The second-order valence-corrected chi connectivity index (χ2v) is 3.00. The number of carboxylic acids is 1. The van der Waals surface area contributed by atoms with Gasteiger partial charge in [-0.1, -0.05) is 6.58 Å². The van der Waals surface area contributed by atoms with Crippen LogP contribution in [-0.2, 0) is 4.79 Å². The van der Waals surface area contributed by atoms with Crippen LogP contribution in [0.1, 0.15) is 6.92 Å². The van der Waals surface area contributed by atoms with Crippen LogP contribution < -0.4 is 0 Å². The summed E-state index contributed by atoms with van der Waals surface area (Å²) in [5, 5.41) is 16.2. The lowest BCUT2D eigenvalue weighted by Crippen LogP contribution is -2.00. The SMILES string of the molecule is C=C(C)C(=O)O.Oc1c(F)c(F)c(F)c(F)c1F. The van der Waals surface area contributed by atoms with Crippen LogP contribution in [0.5, 0.6) is 5.75 Å². The Morgan fingerprint density at radius 3 is 1.39 bits per heavy atom. The normalized spacial score (nSPS) is 9.44. The maximum Gasteiger partial charge on any atom is 0.330 e. The molecule has 0 spiro atoms. The molecule has 2 N–H and O–H groups in total. The first-order valence-electron chi connectivity index (χ1n) is 4.20. The number of aromatic hydroxyl groups is 1. The molecule has 0 atom stereocenters. The Morgan fingerprint density at radius 1 is 0.944 bits per heavy atom. The van der Waals surface area contributed by atoms with E-state index in [1.807, 2.05) is 0 Å². The first kappa shape index (κ1) is 15.9. The van der Waals surface area contributed by atoms with Crippen LogP contribution in [0.3, 0.4) is 0 Å². The summed E-state index contributed by atoms with van der Waals surface area (Å²) in [5.74, 6) is -13.9. The molecule has 100 valence electrons. The molecule has 0 amide bonds. The third kappa shape index (κ3) is 3.44. The van der Waals surface area contributed by atoms with Crippen LogP contribution >= 0.6 is 0 Å². The molecule has 0 saturated heterocycles. The predicted octanol–water partition coefficient (Wildman–Crippen LogP) is 2.73. The van der Waals surface area contributed by atoms with E-state index in [0.29, 0.717) is 0 Å². The number of phenolic OH excluding ortho intramolecular Hbond substituents is 1. The van der Waals surface area contributed by atoms with Crippen molar-refractivity contribution >= 4 is 5.97 Å². The molecular formula is C10H7F5O3. The third-order valence-electron chi connectivity index (χ3n) is 1.55. The van der Waals surface area contributed by atoms with E-state index < -0.39 is 40.8 Å². The summed E-state index contributed by atoms with van der Waals surface area (Å²) in [6.07, 6.45) is 0. The Balaban J connectivity index is 0.000000411. The molecule has 0 fully saturated rings. The zero-order valence-corrected chi connectivity index (χ0v) is 8.90. The Hall–Kier alpha value is -2.12. The van der Waals surface area contributed by atoms with E-state index in [9.17, 15) is 26.7 Å². The van der Waals surface area contributed by atoms with Crippen molar-refractivity contribution in [2.75, 3.05) is 0 Å². The van der Waals surface area contributed by atoms with Crippen molar-refractivity contribution in [3.8, 4) is 5.75 Å². The van der Waals surface area contributed by atoms with E-state index in [0.717, 1.165) is 0 Å². The lowest BCUT2D eigenvalue weighted by atomic mass is 10.3. The molecule has 0 aliphatic heterocycles. The molecule has 0 aliphatic rings. The van der Waals surface area contributed by atoms with Crippen molar-refractivity contribution in [3.63, 3.8) is 0 Å². The van der Waals surface area contributed by atoms with Gasteiger partial charge in [-0.05, 0) is 6.92 Å². The second kappa shape index (κ2) is 5.99. The van der Waals surface area contributed by atoms with Crippen molar-refractivity contribution in [1.29, 1.82) is 0 Å². The van der Waals surface area contributed by atoms with Gasteiger partial charge < -0.3 is 10.2 Å². The summed E-state index contributed by atoms with van der Waals surface area (Å²) in [4.78, 5) is 9.60. The van der Waals surface area contributed by atoms with Gasteiger partial charge in [0.25, 0.3) is 0 Å². The summed E-state index contributed by atoms with van der Waals surface area (Å²) in [6.45, 7) is 4.60. The van der Waals surface area contributed by atoms with Gasteiger partial charge in [0.15, 0.2) is 5.75 Å². The minimum absolute atomic E-state index is 0.176. The van der Waals surface area contributed by atoms with Crippen molar-refractivity contribution in [2.24, 2.45) is 0 Å². The average Bonchev–Trinajstić information content (AvgIpc) is 2.32. The van der Waals surface area contributed by atoms with Crippen molar-refractivity contribution in [3.05, 3.63) is 41.2 Å². The van der Waals surface area contributed by atoms with Crippen molar-refractivity contribution < 1.29 is 37.0 Å². The van der Waals surface area contributed by atoms with Gasteiger partial charge in [-0.25, -0.2) is 18.0 Å². The fourth-order valence-corrected chi connectivity index (χ4v) is 0.593. The maximum atomic E-state index is 12.2. The third-order valence-corrected chi connectivity index (χ3v) is 1.55. The molecule has 3 nitrogen and oxygen atoms in total. The van der Waals surface area contributed by atoms with Gasteiger partial charge in [-0.3, -0.25) is 0 Å². The first-order chi connectivity index (χ1) is 8.11. The monoisotopic (exact) mass is 270 g/mol. The Kier molecular flexibility index (Phi) is 5.28. The lowest BCUT2D eigenvalue weighted by molar-refractivity contribution is -0.132. The average molecular weight is 270 g/mol. The molecule has 0 heterocycles. The van der Waals surface area contributed by atoms with Crippen LogP contribution in [0.25, 0.3) is 0 Å². The molecule has 0 bridgehead atoms. The van der Waals surface area contributed by atoms with Crippen LogP contribution in [0, 0.1) is 29.1 Å². The highest BCUT2D eigenvalue weighted by Crippen LogP contribution is 2.27. The van der Waals surface area contributed by atoms with E-state index in [-0.39, 0.29) is 5.57 Å². The second-order valence-electron chi connectivity index (χ2n) is 3.00. The van der Waals surface area contributed by atoms with Gasteiger partial charge in [-0.2, -0.15) is 8.78 Å². The minimum Gasteiger partial charge on any atom is -0.503 e. The van der Waals surface area contributed by atoms with Crippen molar-refractivity contribution in [1.82, 2.24) is 0 Å². The molecule has 1 aromatic rings. The van der Waals surface area contributed by atoms with E-state index >= 15 is 0 Å². The molecule has 0 aromatic heterocycles. The fourth-order valence-electron chi connectivity index (χ4n) is 0.593. The van der Waals surface area contributed by atoms with Gasteiger partial charge in [0.05, 0.1) is 0 Å². The highest BCUT2D eigenvalue weighted by Gasteiger charge is 2.24. The molecule has 0 aliphatic carbocycles. The summed E-state index contributed by atoms with van der Waals surface area (Å²) < 4.78 is 60.6. The molecule has 0 radical (unpaired) electrons. The van der Waals surface area contributed by atoms with Crippen LogP contribution in [0.4, 0.5) is 22.0 Å². The Morgan fingerprint density at radius 2 is 1.17 bits per heavy atom. The standard InChI is InChI=1S/C6HF5O.C4H6O2/c7-1-2(8)4(10)6(12)5(11)3(1)9;1-3(2)4(5)6/h12H;1H2,2H3,(H,5,6). The molecule has 18 heavy (non-hydrogen) atoms. The topological polar surface area (TPSA) is 57.5 Å². The van der Waals surface area contributed by atoms with Crippen LogP contribution in [0.2, 0.25) is 0 Å². The number of halogens is 5. The number of carbonyl (C=O) groups is 1. The molecule has 8 heteroatoms. The summed E-state index contributed by atoms with van der Waals surface area (Å²) in [5.41, 5.74) is 0.176. The van der Waals surface area contributed by atoms with Crippen LogP contribution in [-0.4, -0.2) is 16.2 Å². The zero-order valence-electron chi connectivity index (χ0n) is 8.90. The van der Waals surface area contributed by atoms with Crippen molar-refractivity contribution in [2.45, 2.75) is 6.92 Å². The van der Waals surface area contributed by atoms with E-state index in [4.69, 9.17) is 10.2 Å². The maximum absolute atomic E-state index is 12.2. The first-order valence-corrected chi connectivity index (χ1v) is 4.20. The van der Waals surface area contributed by atoms with Gasteiger partial charge in [0.2, 0.25) is 29.1 Å². The van der Waals surface area contributed by atoms with Gasteiger partial charge in [-0.15, -0.1) is 0 Å². The van der Waals surface area contributed by atoms with E-state index in [1.54, 1.807) is 0 Å². The lowest BCUT2D eigenvalue weighted by Gasteiger charge is -2.00. The number of rotatable bonds is 1. The Labute approximate surface area is 97.8 Å². The number of carboxylic acid groups (broad SMARTS) is 1. The molecule has 1 aromatic carbocycles. The molecule has 1 rings (SSSR count). The summed E-state index contributed by atoms with van der Waals surface area (Å²) >= 11 is 0.